The maximum Gasteiger partial charge on any atom is 0.417 e. The molecule has 0 aliphatic carbocycles. The van der Waals surface area contributed by atoms with Gasteiger partial charge in [0, 0.05) is 26.0 Å². The molecule has 0 aromatic carbocycles. The van der Waals surface area contributed by atoms with Gasteiger partial charge >= 0.3 is 6.18 Å². The number of nitrogens with zero attached hydrogens (tertiary/aromatic N) is 1. The lowest BCUT2D eigenvalue weighted by Gasteiger charge is -2.15. The lowest BCUT2D eigenvalue weighted by atomic mass is 10.2. The molecule has 2 heterocycles. The van der Waals surface area contributed by atoms with Crippen LogP contribution in [0.25, 0.3) is 0 Å². The predicted octanol–water partition coefficient (Wildman–Crippen LogP) is 1.72. The van der Waals surface area contributed by atoms with E-state index in [1.54, 1.807) is 0 Å². The van der Waals surface area contributed by atoms with Gasteiger partial charge in [0.1, 0.15) is 0 Å². The highest BCUT2D eigenvalue weighted by atomic mass is 19.4. The molecule has 1 aromatic rings. The Kier molecular flexibility index (Phi) is 6.20. The molecule has 1 aliphatic heterocycles. The molecule has 19 heavy (non-hydrogen) atoms. The summed E-state index contributed by atoms with van der Waals surface area (Å²) < 4.78 is 40.8. The number of hydrogen-bond acceptors (Lipinski definition) is 4. The molecule has 1 aliphatic rings. The molecule has 4 nitrogen and oxygen atoms in total. The number of rotatable bonds is 1. The number of aliphatic hydroxyl groups is 1. The Morgan fingerprint density at radius 2 is 1.95 bits per heavy atom. The van der Waals surface area contributed by atoms with Crippen molar-refractivity contribution in [2.45, 2.75) is 31.7 Å². The molecule has 2 rings (SSSR count). The Balaban J connectivity index is 0.000000218. The number of halogens is 3. The van der Waals surface area contributed by atoms with Gasteiger partial charge in [0.15, 0.2) is 0 Å². The quantitative estimate of drug-likeness (QED) is 0.820. The molecule has 7 heteroatoms. The standard InChI is InChI=1S/C7H7F3N2.C5H10O2/c8-7(9,10)5-1-2-6(3-11)12-4-5;6-5-1-3-7-4-2-5/h1-2,4H,3,11H2;5-6H,1-4H2. The molecule has 0 radical (unpaired) electrons. The maximum atomic E-state index is 12.0. The van der Waals surface area contributed by atoms with Crippen molar-refractivity contribution < 1.29 is 23.0 Å². The van der Waals surface area contributed by atoms with Crippen LogP contribution in [0.5, 0.6) is 0 Å². The summed E-state index contributed by atoms with van der Waals surface area (Å²) in [7, 11) is 0. The van der Waals surface area contributed by atoms with Gasteiger partial charge in [-0.15, -0.1) is 0 Å². The summed E-state index contributed by atoms with van der Waals surface area (Å²) >= 11 is 0. The molecule has 0 amide bonds. The summed E-state index contributed by atoms with van der Waals surface area (Å²) in [5, 5.41) is 8.83. The average molecular weight is 278 g/mol. The lowest BCUT2D eigenvalue weighted by molar-refractivity contribution is -0.137. The van der Waals surface area contributed by atoms with Gasteiger partial charge in [0.25, 0.3) is 0 Å². The van der Waals surface area contributed by atoms with Crippen LogP contribution < -0.4 is 5.73 Å². The van der Waals surface area contributed by atoms with Crippen LogP contribution in [-0.4, -0.2) is 29.4 Å². The van der Waals surface area contributed by atoms with Crippen molar-refractivity contribution in [2.75, 3.05) is 13.2 Å². The zero-order valence-corrected chi connectivity index (χ0v) is 10.4. The Morgan fingerprint density at radius 1 is 1.32 bits per heavy atom. The van der Waals surface area contributed by atoms with E-state index in [0.717, 1.165) is 38.3 Å². The summed E-state index contributed by atoms with van der Waals surface area (Å²) in [5.41, 5.74) is 4.86. The van der Waals surface area contributed by atoms with Gasteiger partial charge in [-0.25, -0.2) is 0 Å². The minimum absolute atomic E-state index is 0.0891. The first-order valence-electron chi connectivity index (χ1n) is 5.91. The summed E-state index contributed by atoms with van der Waals surface area (Å²) in [4.78, 5) is 3.52. The molecule has 1 saturated heterocycles. The second-order valence-electron chi connectivity index (χ2n) is 4.08. The van der Waals surface area contributed by atoms with E-state index in [4.69, 9.17) is 15.6 Å². The number of ether oxygens (including phenoxy) is 1. The van der Waals surface area contributed by atoms with Gasteiger partial charge in [0.2, 0.25) is 0 Å². The van der Waals surface area contributed by atoms with Crippen molar-refractivity contribution in [3.05, 3.63) is 29.6 Å². The van der Waals surface area contributed by atoms with Gasteiger partial charge in [-0.05, 0) is 25.0 Å². The molecule has 3 N–H and O–H groups in total. The highest BCUT2D eigenvalue weighted by molar-refractivity contribution is 5.16. The fourth-order valence-electron chi connectivity index (χ4n) is 1.40. The Morgan fingerprint density at radius 3 is 2.26 bits per heavy atom. The van der Waals surface area contributed by atoms with Crippen LogP contribution in [0.3, 0.4) is 0 Å². The van der Waals surface area contributed by atoms with Gasteiger partial charge in [-0.2, -0.15) is 13.2 Å². The molecular weight excluding hydrogens is 261 g/mol. The highest BCUT2D eigenvalue weighted by Crippen LogP contribution is 2.28. The summed E-state index contributed by atoms with van der Waals surface area (Å²) in [6.07, 6.45) is -1.99. The van der Waals surface area contributed by atoms with Crippen LogP contribution in [0.2, 0.25) is 0 Å². The fraction of sp³-hybridized carbons (Fsp3) is 0.583. The minimum atomic E-state index is -4.32. The molecule has 1 aromatic heterocycles. The smallest absolute Gasteiger partial charge is 0.393 e. The molecule has 1 fully saturated rings. The predicted molar refractivity (Wildman–Crippen MR) is 63.2 cm³/mol. The average Bonchev–Trinajstić information content (AvgIpc) is 2.39. The molecular formula is C12H17F3N2O2. The Labute approximate surface area is 109 Å². The number of nitrogens with two attached hydrogens (primary N) is 1. The van der Waals surface area contributed by atoms with Crippen molar-refractivity contribution in [2.24, 2.45) is 5.73 Å². The lowest BCUT2D eigenvalue weighted by Crippen LogP contribution is -2.19. The highest BCUT2D eigenvalue weighted by Gasteiger charge is 2.30. The molecule has 0 saturated carbocycles. The maximum absolute atomic E-state index is 12.0. The van der Waals surface area contributed by atoms with E-state index in [0.29, 0.717) is 5.69 Å². The van der Waals surface area contributed by atoms with Crippen LogP contribution in [-0.2, 0) is 17.5 Å². The monoisotopic (exact) mass is 278 g/mol. The summed E-state index contributed by atoms with van der Waals surface area (Å²) in [6, 6.07) is 2.23. The first-order chi connectivity index (χ1) is 8.93. The minimum Gasteiger partial charge on any atom is -0.393 e. The molecule has 0 atom stereocenters. The third kappa shape index (κ3) is 6.00. The largest absolute Gasteiger partial charge is 0.417 e. The Hall–Kier alpha value is -1.18. The van der Waals surface area contributed by atoms with Gasteiger partial charge in [-0.3, -0.25) is 4.98 Å². The van der Waals surface area contributed by atoms with Crippen molar-refractivity contribution in [3.8, 4) is 0 Å². The fourth-order valence-corrected chi connectivity index (χ4v) is 1.40. The van der Waals surface area contributed by atoms with Crippen molar-refractivity contribution >= 4 is 0 Å². The van der Waals surface area contributed by atoms with Gasteiger partial charge in [0.05, 0.1) is 17.4 Å². The van der Waals surface area contributed by atoms with Crippen LogP contribution in [0.1, 0.15) is 24.1 Å². The molecule has 0 unspecified atom stereocenters. The second kappa shape index (κ2) is 7.42. The first-order valence-corrected chi connectivity index (χ1v) is 5.91. The number of aliphatic hydroxyl groups excluding tert-OH is 1. The molecule has 0 spiro atoms. The van der Waals surface area contributed by atoms with Crippen molar-refractivity contribution in [1.29, 1.82) is 0 Å². The van der Waals surface area contributed by atoms with E-state index in [1.165, 1.54) is 6.07 Å². The van der Waals surface area contributed by atoms with Crippen molar-refractivity contribution in [1.82, 2.24) is 4.98 Å². The van der Waals surface area contributed by atoms with Crippen LogP contribution in [0.4, 0.5) is 13.2 Å². The molecule has 108 valence electrons. The normalized spacial score (nSPS) is 16.7. The van der Waals surface area contributed by atoms with Gasteiger partial charge < -0.3 is 15.6 Å². The summed E-state index contributed by atoms with van der Waals surface area (Å²) in [6.45, 7) is 1.63. The van der Waals surface area contributed by atoms with Gasteiger partial charge in [-0.1, -0.05) is 0 Å². The van der Waals surface area contributed by atoms with Crippen molar-refractivity contribution in [3.63, 3.8) is 0 Å². The van der Waals surface area contributed by atoms with E-state index >= 15 is 0 Å². The SMILES string of the molecule is NCc1ccc(C(F)(F)F)cn1.OC1CCOCC1. The zero-order valence-electron chi connectivity index (χ0n) is 10.4. The third-order valence-electron chi connectivity index (χ3n) is 2.55. The van der Waals surface area contributed by atoms with Crippen LogP contribution >= 0.6 is 0 Å². The van der Waals surface area contributed by atoms with E-state index < -0.39 is 11.7 Å². The summed E-state index contributed by atoms with van der Waals surface area (Å²) in [5.74, 6) is 0. The number of hydrogen-bond donors (Lipinski definition) is 2. The van der Waals surface area contributed by atoms with E-state index in [1.807, 2.05) is 0 Å². The Bertz CT molecular complexity index is 362. The molecule has 0 bridgehead atoms. The zero-order chi connectivity index (χ0) is 14.3. The first kappa shape index (κ1) is 15.9. The number of pyridine rings is 1. The number of aromatic nitrogens is 1. The van der Waals surface area contributed by atoms with Crippen LogP contribution in [0.15, 0.2) is 18.3 Å². The van der Waals surface area contributed by atoms with E-state index in [-0.39, 0.29) is 12.6 Å². The van der Waals surface area contributed by atoms with E-state index in [2.05, 4.69) is 4.98 Å². The number of alkyl halides is 3. The topological polar surface area (TPSA) is 68.4 Å². The van der Waals surface area contributed by atoms with E-state index in [9.17, 15) is 13.2 Å². The third-order valence-corrected chi connectivity index (χ3v) is 2.55. The second-order valence-corrected chi connectivity index (χ2v) is 4.08. The van der Waals surface area contributed by atoms with Crippen LogP contribution in [0, 0.1) is 0 Å².